The summed E-state index contributed by atoms with van der Waals surface area (Å²) in [6, 6.07) is 67.6. The fraction of sp³-hybridized carbons (Fsp3) is 0.125. The van der Waals surface area contributed by atoms with E-state index in [2.05, 4.69) is 238 Å². The standard InChI is InChI=1S/C64H50BN3OS2/c1-63(2,3)37-21-24-39(25-22-37)66-52-35-57-50(48-32-42(26-30-56(48)71-57)67(40-15-9-7-10-16-40)41-17-11-8-12-18-41)33-46(52)44-27-28-45-47-34-49-43-19-13-14-20-55(43)70-58(49)36-53(47)68-60(45)59(44)65-62-61(68)51-31-38(64(4,5)6)23-29-54(51)69-62/h7-36,65-66H,1-6H3. The second-order valence-corrected chi connectivity index (χ2v) is 23.6. The molecular formula is C64H50BN3OS2. The van der Waals surface area contributed by atoms with E-state index in [0.29, 0.717) is 7.28 Å². The highest BCUT2D eigenvalue weighted by atomic mass is 32.1. The summed E-state index contributed by atoms with van der Waals surface area (Å²) >= 11 is 3.74. The van der Waals surface area contributed by atoms with E-state index in [1.54, 1.807) is 0 Å². The van der Waals surface area contributed by atoms with Gasteiger partial charge in [0.1, 0.15) is 5.58 Å². The van der Waals surface area contributed by atoms with Crippen LogP contribution >= 0.6 is 22.7 Å². The van der Waals surface area contributed by atoms with Crippen LogP contribution in [0.2, 0.25) is 0 Å². The second-order valence-electron chi connectivity index (χ2n) is 21.4. The van der Waals surface area contributed by atoms with Gasteiger partial charge in [-0.15, -0.1) is 22.7 Å². The van der Waals surface area contributed by atoms with Crippen molar-refractivity contribution in [3.05, 3.63) is 193 Å². The summed E-state index contributed by atoms with van der Waals surface area (Å²) in [5.74, 6) is 0. The molecule has 71 heavy (non-hydrogen) atoms. The average molecular weight is 952 g/mol. The molecule has 0 atom stereocenters. The van der Waals surface area contributed by atoms with E-state index in [1.165, 1.54) is 101 Å². The minimum Gasteiger partial charge on any atom is -0.469 e. The highest BCUT2D eigenvalue weighted by Crippen LogP contribution is 2.47. The Kier molecular flexibility index (Phi) is 9.21. The lowest BCUT2D eigenvalue weighted by Gasteiger charge is -2.25. The monoisotopic (exact) mass is 951 g/mol. The molecule has 0 radical (unpaired) electrons. The first-order valence-corrected chi connectivity index (χ1v) is 26.3. The van der Waals surface area contributed by atoms with E-state index in [1.807, 2.05) is 22.7 Å². The SMILES string of the molecule is CC(C)(C)c1ccc(Nc2cc3sc4ccc(N(c5ccccc5)c5ccccc5)cc4c3cc2-c2ccc3c4cc5c(cc4n4c3c2Bc2oc3ccc(C(C)(C)C)cc3c2-4)sc2ccccc25)cc1. The molecule has 0 unspecified atom stereocenters. The van der Waals surface area contributed by atoms with Crippen molar-refractivity contribution in [3.63, 3.8) is 0 Å². The summed E-state index contributed by atoms with van der Waals surface area (Å²) in [6.07, 6.45) is 0. The number of aromatic nitrogens is 1. The second kappa shape index (κ2) is 15.5. The molecule has 13 aromatic rings. The maximum Gasteiger partial charge on any atom is 0.244 e. The quantitative estimate of drug-likeness (QED) is 0.169. The highest BCUT2D eigenvalue weighted by molar-refractivity contribution is 7.26. The van der Waals surface area contributed by atoms with Crippen molar-refractivity contribution in [3.8, 4) is 16.8 Å². The molecule has 0 bridgehead atoms. The predicted molar refractivity (Wildman–Crippen MR) is 310 cm³/mol. The van der Waals surface area contributed by atoms with Crippen LogP contribution in [0.1, 0.15) is 52.7 Å². The fourth-order valence-corrected chi connectivity index (χ4v) is 13.5. The zero-order valence-corrected chi connectivity index (χ0v) is 42.3. The predicted octanol–water partition coefficient (Wildman–Crippen LogP) is 17.4. The van der Waals surface area contributed by atoms with Crippen LogP contribution in [-0.2, 0) is 10.8 Å². The molecule has 0 aliphatic carbocycles. The molecule has 342 valence electrons. The van der Waals surface area contributed by atoms with Gasteiger partial charge in [0.25, 0.3) is 0 Å². The molecule has 1 aliphatic heterocycles. The number of furan rings is 1. The first kappa shape index (κ1) is 42.3. The molecule has 1 aliphatic rings. The van der Waals surface area contributed by atoms with Crippen LogP contribution in [0.3, 0.4) is 0 Å². The van der Waals surface area contributed by atoms with Crippen molar-refractivity contribution < 1.29 is 4.42 Å². The topological polar surface area (TPSA) is 33.3 Å². The van der Waals surface area contributed by atoms with E-state index in [4.69, 9.17) is 4.42 Å². The highest BCUT2D eigenvalue weighted by Gasteiger charge is 2.32. The number of thiophene rings is 2. The minimum absolute atomic E-state index is 0.0154. The third-order valence-corrected chi connectivity index (χ3v) is 17.2. The lowest BCUT2D eigenvalue weighted by atomic mass is 9.62. The summed E-state index contributed by atoms with van der Waals surface area (Å²) in [4.78, 5) is 2.36. The fourth-order valence-electron chi connectivity index (χ4n) is 11.3. The maximum atomic E-state index is 7.04. The molecule has 0 spiro atoms. The molecule has 14 rings (SSSR count). The van der Waals surface area contributed by atoms with Crippen molar-refractivity contribution in [2.24, 2.45) is 0 Å². The Morgan fingerprint density at radius 1 is 0.479 bits per heavy atom. The minimum atomic E-state index is -0.0154. The van der Waals surface area contributed by atoms with E-state index < -0.39 is 0 Å². The number of rotatable bonds is 6. The summed E-state index contributed by atoms with van der Waals surface area (Å²) in [5, 5.41) is 12.8. The van der Waals surface area contributed by atoms with Gasteiger partial charge in [-0.3, -0.25) is 0 Å². The molecule has 5 heterocycles. The van der Waals surface area contributed by atoms with Crippen LogP contribution in [0.4, 0.5) is 28.4 Å². The third kappa shape index (κ3) is 6.70. The van der Waals surface area contributed by atoms with Crippen molar-refractivity contribution in [1.82, 2.24) is 4.57 Å². The third-order valence-electron chi connectivity index (χ3n) is 14.9. The van der Waals surface area contributed by atoms with Gasteiger partial charge in [-0.1, -0.05) is 126 Å². The van der Waals surface area contributed by atoms with Crippen molar-refractivity contribution in [2.45, 2.75) is 52.4 Å². The number of anilines is 5. The number of hydrogen-bond donors (Lipinski definition) is 1. The lowest BCUT2D eigenvalue weighted by Crippen LogP contribution is -2.36. The van der Waals surface area contributed by atoms with E-state index in [0.717, 1.165) is 39.7 Å². The Hall–Kier alpha value is -7.58. The molecule has 0 saturated carbocycles. The van der Waals surface area contributed by atoms with Gasteiger partial charge in [0.2, 0.25) is 7.28 Å². The maximum absolute atomic E-state index is 7.04. The van der Waals surface area contributed by atoms with E-state index >= 15 is 0 Å². The average Bonchev–Trinajstić information content (AvgIpc) is 4.12. The summed E-state index contributed by atoms with van der Waals surface area (Å²) in [5.41, 5.74) is 17.4. The van der Waals surface area contributed by atoms with E-state index in [-0.39, 0.29) is 10.8 Å². The largest absolute Gasteiger partial charge is 0.469 e. The normalized spacial score (nSPS) is 12.8. The van der Waals surface area contributed by atoms with Crippen molar-refractivity contribution in [2.75, 3.05) is 10.2 Å². The zero-order chi connectivity index (χ0) is 47.9. The van der Waals surface area contributed by atoms with Gasteiger partial charge in [-0.25, -0.2) is 0 Å². The molecule has 1 N–H and O–H groups in total. The zero-order valence-electron chi connectivity index (χ0n) is 40.6. The van der Waals surface area contributed by atoms with Crippen LogP contribution in [0, 0.1) is 0 Å². The molecule has 0 saturated heterocycles. The number of nitrogens with one attached hydrogen (secondary N) is 1. The van der Waals surface area contributed by atoms with Crippen molar-refractivity contribution in [1.29, 1.82) is 0 Å². The number of hydrogen-bond acceptors (Lipinski definition) is 5. The molecule has 4 aromatic heterocycles. The van der Waals surface area contributed by atoms with Gasteiger partial charge < -0.3 is 19.2 Å². The molecule has 7 heteroatoms. The van der Waals surface area contributed by atoms with Crippen LogP contribution in [0.25, 0.3) is 89.9 Å². The molecule has 0 amide bonds. The Balaban J connectivity index is 1.04. The summed E-state index contributed by atoms with van der Waals surface area (Å²) in [7, 11) is 0.671. The summed E-state index contributed by atoms with van der Waals surface area (Å²) < 4.78 is 14.7. The molecular weight excluding hydrogens is 902 g/mol. The smallest absolute Gasteiger partial charge is 0.244 e. The van der Waals surface area contributed by atoms with Gasteiger partial charge in [0, 0.05) is 96.0 Å². The van der Waals surface area contributed by atoms with Gasteiger partial charge in [-0.2, -0.15) is 0 Å². The van der Waals surface area contributed by atoms with E-state index in [9.17, 15) is 0 Å². The first-order chi connectivity index (χ1) is 34.4. The lowest BCUT2D eigenvalue weighted by molar-refractivity contribution is 0.590. The van der Waals surface area contributed by atoms with Gasteiger partial charge in [-0.05, 0) is 130 Å². The Bertz CT molecular complexity index is 4260. The summed E-state index contributed by atoms with van der Waals surface area (Å²) in [6.45, 7) is 13.7. The number of para-hydroxylation sites is 2. The molecule has 4 nitrogen and oxygen atoms in total. The van der Waals surface area contributed by atoms with Crippen LogP contribution in [0.5, 0.6) is 0 Å². The van der Waals surface area contributed by atoms with Crippen LogP contribution in [-0.4, -0.2) is 11.8 Å². The van der Waals surface area contributed by atoms with Gasteiger partial charge >= 0.3 is 0 Å². The van der Waals surface area contributed by atoms with Crippen LogP contribution < -0.4 is 21.3 Å². The van der Waals surface area contributed by atoms with Gasteiger partial charge in [0.15, 0.2) is 0 Å². The first-order valence-electron chi connectivity index (χ1n) is 24.7. The Morgan fingerprint density at radius 2 is 1.13 bits per heavy atom. The Labute approximate surface area is 421 Å². The number of nitrogens with zero attached hydrogens (tertiary/aromatic N) is 2. The molecule has 9 aromatic carbocycles. The van der Waals surface area contributed by atoms with Gasteiger partial charge in [0.05, 0.1) is 16.9 Å². The molecule has 0 fully saturated rings. The van der Waals surface area contributed by atoms with Crippen LogP contribution in [0.15, 0.2) is 186 Å². The number of benzene rings is 9. The Morgan fingerprint density at radius 3 is 1.86 bits per heavy atom. The number of fused-ring (bicyclic) bond motifs is 13. The van der Waals surface area contributed by atoms with Crippen molar-refractivity contribution >= 4 is 143 Å².